The van der Waals surface area contributed by atoms with E-state index in [1.807, 2.05) is 6.92 Å². The lowest BCUT2D eigenvalue weighted by Gasteiger charge is -2.12. The number of aromatic hydroxyl groups is 1. The number of Topliss-reactive ketones (excluding diaryl/α,β-unsaturated/α-hetero) is 1. The predicted octanol–water partition coefficient (Wildman–Crippen LogP) is 3.00. The lowest BCUT2D eigenvalue weighted by atomic mass is 10.3. The van der Waals surface area contributed by atoms with E-state index in [0.717, 1.165) is 0 Å². The van der Waals surface area contributed by atoms with Crippen LogP contribution in [0.3, 0.4) is 0 Å². The molecule has 0 aliphatic heterocycles. The van der Waals surface area contributed by atoms with Crippen LogP contribution in [0, 0.1) is 0 Å². The fraction of sp³-hybridized carbons (Fsp3) is 0.500. The Kier molecular flexibility index (Phi) is 10.4. The van der Waals surface area contributed by atoms with Crippen molar-refractivity contribution < 1.29 is 28.8 Å². The van der Waals surface area contributed by atoms with Crippen LogP contribution < -0.4 is 9.47 Å². The number of rotatable bonds is 7. The molecule has 1 aromatic rings. The summed E-state index contributed by atoms with van der Waals surface area (Å²) in [5.74, 6) is 0.816. The minimum atomic E-state index is -0.0124. The summed E-state index contributed by atoms with van der Waals surface area (Å²) in [7, 11) is 2.97. The van der Waals surface area contributed by atoms with Crippen LogP contribution in [0.2, 0.25) is 5.02 Å². The summed E-state index contributed by atoms with van der Waals surface area (Å²) in [6, 6.07) is 2.75. The van der Waals surface area contributed by atoms with E-state index < -0.39 is 0 Å². The van der Waals surface area contributed by atoms with Gasteiger partial charge in [-0.05, 0) is 6.92 Å². The molecule has 1 rings (SSSR count). The Balaban J connectivity index is 0.000000690. The quantitative estimate of drug-likeness (QED) is 0.778. The molecule has 0 fully saturated rings. The van der Waals surface area contributed by atoms with Gasteiger partial charge in [0.2, 0.25) is 0 Å². The number of carbonyl (C=O) groups is 1. The van der Waals surface area contributed by atoms with E-state index in [1.54, 1.807) is 6.92 Å². The first kappa shape index (κ1) is 19.5. The number of carbonyl (C=O) groups excluding carboxylic acids is 1. The standard InChI is InChI=1S/C10H13ClO5.C4H8O/c1-13-5-15-8-3-7(12)4-9(10(8)11)16-6-14-2;1-3-4(2)5/h3-4,12H,5-6H2,1-2H3;3H2,1-2H3. The first-order valence-electron chi connectivity index (χ1n) is 6.21. The molecular formula is C14H21ClO6. The molecule has 0 heterocycles. The van der Waals surface area contributed by atoms with E-state index in [9.17, 15) is 9.90 Å². The number of methoxy groups -OCH3 is 2. The second kappa shape index (κ2) is 11.2. The fourth-order valence-electron chi connectivity index (χ4n) is 1.01. The van der Waals surface area contributed by atoms with Gasteiger partial charge in [-0.2, -0.15) is 0 Å². The van der Waals surface area contributed by atoms with Gasteiger partial charge >= 0.3 is 0 Å². The topological polar surface area (TPSA) is 74.2 Å². The molecule has 0 unspecified atom stereocenters. The van der Waals surface area contributed by atoms with E-state index in [0.29, 0.717) is 6.42 Å². The van der Waals surface area contributed by atoms with Crippen LogP contribution in [0.1, 0.15) is 20.3 Å². The van der Waals surface area contributed by atoms with E-state index in [-0.39, 0.29) is 41.6 Å². The molecule has 1 aromatic carbocycles. The molecular weight excluding hydrogens is 300 g/mol. The summed E-state index contributed by atoms with van der Waals surface area (Å²) in [5.41, 5.74) is 0. The Hall–Kier alpha value is -1.50. The predicted molar refractivity (Wildman–Crippen MR) is 79.1 cm³/mol. The first-order chi connectivity index (χ1) is 9.96. The summed E-state index contributed by atoms with van der Waals surface area (Å²) in [6.07, 6.45) is 0.667. The Bertz CT molecular complexity index is 406. The molecule has 0 aliphatic rings. The SMILES string of the molecule is CCC(C)=O.COCOc1cc(O)cc(OCOC)c1Cl. The van der Waals surface area contributed by atoms with Crippen LogP contribution in [0.15, 0.2) is 12.1 Å². The zero-order chi connectivity index (χ0) is 16.3. The van der Waals surface area contributed by atoms with Crippen molar-refractivity contribution in [2.75, 3.05) is 27.8 Å². The highest BCUT2D eigenvalue weighted by Gasteiger charge is 2.11. The Morgan fingerprint density at radius 2 is 1.52 bits per heavy atom. The number of phenols is 1. The molecule has 21 heavy (non-hydrogen) atoms. The summed E-state index contributed by atoms with van der Waals surface area (Å²) >= 11 is 5.98. The zero-order valence-electron chi connectivity index (χ0n) is 12.6. The van der Waals surface area contributed by atoms with Crippen molar-refractivity contribution in [1.82, 2.24) is 0 Å². The third kappa shape index (κ3) is 8.39. The average Bonchev–Trinajstić information content (AvgIpc) is 2.46. The summed E-state index contributed by atoms with van der Waals surface area (Å²) in [6.45, 7) is 3.50. The molecule has 0 aliphatic carbocycles. The molecule has 7 heteroatoms. The fourth-order valence-corrected chi connectivity index (χ4v) is 1.23. The number of benzene rings is 1. The van der Waals surface area contributed by atoms with Gasteiger partial charge in [0.05, 0.1) is 0 Å². The van der Waals surface area contributed by atoms with Gasteiger partial charge in [0, 0.05) is 32.8 Å². The lowest BCUT2D eigenvalue weighted by Crippen LogP contribution is -2.02. The van der Waals surface area contributed by atoms with Crippen LogP contribution in [0.4, 0.5) is 0 Å². The van der Waals surface area contributed by atoms with E-state index >= 15 is 0 Å². The molecule has 0 atom stereocenters. The van der Waals surface area contributed by atoms with Crippen molar-refractivity contribution in [2.24, 2.45) is 0 Å². The Morgan fingerprint density at radius 3 is 1.81 bits per heavy atom. The summed E-state index contributed by atoms with van der Waals surface area (Å²) < 4.78 is 19.8. The minimum Gasteiger partial charge on any atom is -0.508 e. The Labute approximate surface area is 129 Å². The molecule has 1 N–H and O–H groups in total. The van der Waals surface area contributed by atoms with Crippen LogP contribution in [-0.4, -0.2) is 38.7 Å². The van der Waals surface area contributed by atoms with Gasteiger partial charge < -0.3 is 28.8 Å². The number of hydrogen-bond donors (Lipinski definition) is 1. The zero-order valence-corrected chi connectivity index (χ0v) is 13.4. The molecule has 6 nitrogen and oxygen atoms in total. The summed E-state index contributed by atoms with van der Waals surface area (Å²) in [4.78, 5) is 9.81. The third-order valence-electron chi connectivity index (χ3n) is 2.15. The number of phenolic OH excluding ortho intramolecular Hbond substituents is 1. The third-order valence-corrected chi connectivity index (χ3v) is 2.53. The molecule has 0 spiro atoms. The van der Waals surface area contributed by atoms with Gasteiger partial charge in [-0.15, -0.1) is 0 Å². The maximum atomic E-state index is 9.81. The number of ether oxygens (including phenoxy) is 4. The van der Waals surface area contributed by atoms with Crippen molar-refractivity contribution >= 4 is 17.4 Å². The minimum absolute atomic E-state index is 0.0124. The number of ketones is 1. The normalized spacial score (nSPS) is 9.57. The molecule has 0 saturated heterocycles. The van der Waals surface area contributed by atoms with Gasteiger partial charge in [0.25, 0.3) is 0 Å². The highest BCUT2D eigenvalue weighted by molar-refractivity contribution is 6.33. The van der Waals surface area contributed by atoms with Gasteiger partial charge in [-0.3, -0.25) is 0 Å². The summed E-state index contributed by atoms with van der Waals surface area (Å²) in [5, 5.41) is 9.67. The molecule has 120 valence electrons. The van der Waals surface area contributed by atoms with Crippen molar-refractivity contribution in [3.8, 4) is 17.2 Å². The highest BCUT2D eigenvalue weighted by atomic mass is 35.5. The molecule has 0 bridgehead atoms. The van der Waals surface area contributed by atoms with Crippen molar-refractivity contribution in [1.29, 1.82) is 0 Å². The average molecular weight is 321 g/mol. The van der Waals surface area contributed by atoms with Gasteiger partial charge in [0.15, 0.2) is 13.6 Å². The highest BCUT2D eigenvalue weighted by Crippen LogP contribution is 2.37. The first-order valence-corrected chi connectivity index (χ1v) is 6.59. The number of halogens is 1. The smallest absolute Gasteiger partial charge is 0.188 e. The second-order valence-electron chi connectivity index (χ2n) is 3.91. The molecule has 0 amide bonds. The van der Waals surface area contributed by atoms with Crippen molar-refractivity contribution in [3.05, 3.63) is 17.2 Å². The van der Waals surface area contributed by atoms with Crippen molar-refractivity contribution in [3.63, 3.8) is 0 Å². The van der Waals surface area contributed by atoms with Crippen molar-refractivity contribution in [2.45, 2.75) is 20.3 Å². The van der Waals surface area contributed by atoms with Gasteiger partial charge in [-0.25, -0.2) is 0 Å². The lowest BCUT2D eigenvalue weighted by molar-refractivity contribution is -0.116. The van der Waals surface area contributed by atoms with Crippen LogP contribution >= 0.6 is 11.6 Å². The maximum absolute atomic E-state index is 9.81. The van der Waals surface area contributed by atoms with Crippen LogP contribution in [0.5, 0.6) is 17.2 Å². The van der Waals surface area contributed by atoms with Gasteiger partial charge in [0.1, 0.15) is 28.1 Å². The maximum Gasteiger partial charge on any atom is 0.188 e. The molecule has 0 radical (unpaired) electrons. The molecule has 0 saturated carbocycles. The largest absolute Gasteiger partial charge is 0.508 e. The second-order valence-corrected chi connectivity index (χ2v) is 4.29. The monoisotopic (exact) mass is 320 g/mol. The van der Waals surface area contributed by atoms with Crippen LogP contribution in [0.25, 0.3) is 0 Å². The van der Waals surface area contributed by atoms with E-state index in [2.05, 4.69) is 0 Å². The van der Waals surface area contributed by atoms with Gasteiger partial charge in [-0.1, -0.05) is 18.5 Å². The van der Waals surface area contributed by atoms with E-state index in [1.165, 1.54) is 26.4 Å². The number of hydrogen-bond acceptors (Lipinski definition) is 6. The molecule has 0 aromatic heterocycles. The van der Waals surface area contributed by atoms with Crippen LogP contribution in [-0.2, 0) is 14.3 Å². The Morgan fingerprint density at radius 1 is 1.14 bits per heavy atom. The van der Waals surface area contributed by atoms with E-state index in [4.69, 9.17) is 30.5 Å².